The lowest BCUT2D eigenvalue weighted by Crippen LogP contribution is -2.44. The van der Waals surface area contributed by atoms with Crippen molar-refractivity contribution < 1.29 is 19.2 Å². The largest absolute Gasteiger partial charge is 0.399 e. The van der Waals surface area contributed by atoms with Crippen molar-refractivity contribution in [2.24, 2.45) is 0 Å². The highest BCUT2D eigenvalue weighted by molar-refractivity contribution is 5.58. The minimum Gasteiger partial charge on any atom is -0.399 e. The molecule has 1 aromatic carbocycles. The monoisotopic (exact) mass is 219 g/mol. The second kappa shape index (κ2) is 4.11. The number of nitrogens with zero attached hydrogens (tertiary/aromatic N) is 2. The molecule has 15 heavy (non-hydrogen) atoms. The lowest BCUT2D eigenvalue weighted by molar-refractivity contribution is 0.313. The van der Waals surface area contributed by atoms with Gasteiger partial charge in [0.2, 0.25) is 0 Å². The second-order valence-electron chi connectivity index (χ2n) is 2.93. The maximum Gasteiger partial charge on any atom is 0.0506 e. The molecule has 2 N–H and O–H groups in total. The minimum atomic E-state index is -3.56. The molecule has 1 heterocycles. The molecule has 1 aliphatic heterocycles. The van der Waals surface area contributed by atoms with Crippen LogP contribution in [0.15, 0.2) is 18.2 Å². The van der Waals surface area contributed by atoms with Crippen LogP contribution < -0.4 is 10.6 Å². The fourth-order valence-corrected chi connectivity index (χ4v) is 1.15. The van der Waals surface area contributed by atoms with Crippen LogP contribution in [-0.4, -0.2) is 37.9 Å². The van der Waals surface area contributed by atoms with Crippen molar-refractivity contribution in [3.8, 4) is 0 Å². The number of anilines is 2. The van der Waals surface area contributed by atoms with Crippen molar-refractivity contribution in [1.29, 1.82) is 0 Å². The zero-order valence-electron chi connectivity index (χ0n) is 21.7. The first kappa shape index (κ1) is 2.72. The summed E-state index contributed by atoms with van der Waals surface area (Å²) in [6.07, 6.45) is 0. The van der Waals surface area contributed by atoms with Crippen LogP contribution >= 0.6 is 0 Å². The Morgan fingerprint density at radius 2 is 2.07 bits per heavy atom. The third-order valence-corrected chi connectivity index (χ3v) is 1.75. The molecule has 82 valence electrons. The van der Waals surface area contributed by atoms with Crippen LogP contribution in [0.4, 0.5) is 11.4 Å². The van der Waals surface area contributed by atoms with Gasteiger partial charge in [0.25, 0.3) is 0 Å². The smallest absolute Gasteiger partial charge is 0.0506 e. The van der Waals surface area contributed by atoms with Gasteiger partial charge in [-0.3, -0.25) is 0 Å². The van der Waals surface area contributed by atoms with E-state index in [1.54, 1.807) is 0 Å². The number of likely N-dealkylation sites (N-methyl/N-ethyl adjacent to an activating group) is 1. The molecule has 1 aromatic rings. The first-order chi connectivity index (χ1) is 12.6. The predicted octanol–water partition coefficient (Wildman–Crippen LogP) is 1.33. The van der Waals surface area contributed by atoms with Crippen LogP contribution in [0.3, 0.4) is 0 Å². The van der Waals surface area contributed by atoms with E-state index in [0.717, 1.165) is 18.2 Å². The van der Waals surface area contributed by atoms with Crippen LogP contribution in [0.5, 0.6) is 0 Å². The van der Waals surface area contributed by atoms with Gasteiger partial charge >= 0.3 is 0 Å². The van der Waals surface area contributed by atoms with Crippen molar-refractivity contribution in [2.45, 2.75) is 6.85 Å². The summed E-state index contributed by atoms with van der Waals surface area (Å²) in [6, 6.07) is 2.85. The Balaban J connectivity index is 2.85. The summed E-state index contributed by atoms with van der Waals surface area (Å²) in [5.74, 6) is 0. The summed E-state index contributed by atoms with van der Waals surface area (Å²) in [5, 5.41) is 0. The van der Waals surface area contributed by atoms with Gasteiger partial charge in [0.15, 0.2) is 0 Å². The fourth-order valence-electron chi connectivity index (χ4n) is 1.15. The van der Waals surface area contributed by atoms with E-state index < -0.39 is 56.0 Å². The minimum absolute atomic E-state index is 0.0633. The number of aryl methyl sites for hydroxylation is 1. The highest BCUT2D eigenvalue weighted by Crippen LogP contribution is 2.21. The molecule has 0 atom stereocenters. The predicted molar refractivity (Wildman–Crippen MR) is 65.3 cm³/mol. The number of rotatable bonds is 1. The zero-order valence-corrected chi connectivity index (χ0v) is 7.70. The van der Waals surface area contributed by atoms with Crippen LogP contribution in [0.1, 0.15) is 24.8 Å². The lowest BCUT2D eigenvalue weighted by Gasteiger charge is -2.34. The SMILES string of the molecule is [2H]C([2H])([2H])c1cc(N)cc(N2C([2H])([2H])C([2H])([2H])N(C([2H])([2H])[2H])C([2H])([2H])C2([2H])[2H])c1. The lowest BCUT2D eigenvalue weighted by atomic mass is 10.1. The Bertz CT molecular complexity index is 768. The highest BCUT2D eigenvalue weighted by Gasteiger charge is 2.14. The van der Waals surface area contributed by atoms with Gasteiger partial charge in [-0.1, -0.05) is 0 Å². The molecule has 0 aliphatic carbocycles. The zero-order chi connectivity index (χ0) is 23.0. The first-order valence-corrected chi connectivity index (χ1v) is 4.11. The molecule has 3 heteroatoms. The normalized spacial score (nSPS) is 47.1. The third-order valence-electron chi connectivity index (χ3n) is 1.75. The van der Waals surface area contributed by atoms with E-state index in [9.17, 15) is 0 Å². The van der Waals surface area contributed by atoms with Gasteiger partial charge in [-0.05, 0) is 37.6 Å². The average molecular weight is 219 g/mol. The molecule has 2 rings (SSSR count). The fraction of sp³-hybridized carbons (Fsp3) is 0.500. The van der Waals surface area contributed by atoms with Crippen molar-refractivity contribution in [1.82, 2.24) is 4.90 Å². The summed E-state index contributed by atoms with van der Waals surface area (Å²) in [5.41, 5.74) is 4.50. The number of hydrogen-bond acceptors (Lipinski definition) is 3. The van der Waals surface area contributed by atoms with E-state index in [1.807, 2.05) is 0 Å². The Kier molecular flexibility index (Phi) is 0.744. The summed E-state index contributed by atoms with van der Waals surface area (Å²) in [6.45, 7) is -20.3. The van der Waals surface area contributed by atoms with E-state index >= 15 is 0 Å². The third kappa shape index (κ3) is 2.42. The molecule has 0 aromatic heterocycles. The molecule has 0 saturated carbocycles. The van der Waals surface area contributed by atoms with Gasteiger partial charge in [-0.15, -0.1) is 0 Å². The number of piperazine rings is 1. The summed E-state index contributed by atoms with van der Waals surface area (Å²) in [4.78, 5) is -0.395. The van der Waals surface area contributed by atoms with Crippen LogP contribution in [-0.2, 0) is 0 Å². The maximum absolute atomic E-state index is 8.20. The number of nitrogens with two attached hydrogens (primary N) is 1. The molecule has 1 fully saturated rings. The summed E-state index contributed by atoms with van der Waals surface area (Å²) < 4.78 is 110. The van der Waals surface area contributed by atoms with E-state index in [0.29, 0.717) is 0 Å². The second-order valence-corrected chi connectivity index (χ2v) is 2.93. The van der Waals surface area contributed by atoms with Crippen LogP contribution in [0.2, 0.25) is 0 Å². The van der Waals surface area contributed by atoms with Gasteiger partial charge in [-0.2, -0.15) is 0 Å². The Morgan fingerprint density at radius 3 is 2.73 bits per heavy atom. The molecular formula is C12H19N3. The maximum atomic E-state index is 8.20. The van der Waals surface area contributed by atoms with E-state index in [-0.39, 0.29) is 10.6 Å². The van der Waals surface area contributed by atoms with Crippen molar-refractivity contribution in [3.05, 3.63) is 23.8 Å². The molecule has 0 amide bonds. The summed E-state index contributed by atoms with van der Waals surface area (Å²) in [7, 11) is 0. The van der Waals surface area contributed by atoms with Gasteiger partial charge in [0.05, 0.1) is 5.48 Å². The molecule has 3 nitrogen and oxygen atoms in total. The van der Waals surface area contributed by atoms with E-state index in [1.165, 1.54) is 0 Å². The summed E-state index contributed by atoms with van der Waals surface area (Å²) >= 11 is 0. The molecule has 1 saturated heterocycles. The molecule has 0 unspecified atom stereocenters. The first-order valence-electron chi connectivity index (χ1n) is 11.1. The number of benzene rings is 1. The van der Waals surface area contributed by atoms with Gasteiger partial charge < -0.3 is 15.5 Å². The topological polar surface area (TPSA) is 32.5 Å². The van der Waals surface area contributed by atoms with Crippen molar-refractivity contribution in [2.75, 3.05) is 43.6 Å². The standard InChI is InChI=1S/C12H19N3/c1-10-7-11(13)9-12(8-10)15-5-3-14(2)4-6-15/h7-9H,3-6,13H2,1-2H3/i1D3,2D3,3D2,4D2,5D2,6D2. The average Bonchev–Trinajstić information content (AvgIpc) is 2.41. The molecule has 0 bridgehead atoms. The quantitative estimate of drug-likeness (QED) is 0.723. The van der Waals surface area contributed by atoms with Crippen LogP contribution in [0.25, 0.3) is 0 Å². The van der Waals surface area contributed by atoms with Gasteiger partial charge in [0, 0.05) is 51.1 Å². The Hall–Kier alpha value is -1.22. The Labute approximate surface area is 111 Å². The van der Waals surface area contributed by atoms with Crippen LogP contribution in [0, 0.1) is 6.85 Å². The molecule has 1 aliphatic rings. The van der Waals surface area contributed by atoms with Crippen molar-refractivity contribution in [3.63, 3.8) is 0 Å². The Morgan fingerprint density at radius 1 is 1.27 bits per heavy atom. The number of nitrogen functional groups attached to an aromatic ring is 1. The van der Waals surface area contributed by atoms with Gasteiger partial charge in [-0.25, -0.2) is 0 Å². The molecule has 0 radical (unpaired) electrons. The molecular weight excluding hydrogens is 186 g/mol. The van der Waals surface area contributed by atoms with E-state index in [2.05, 4.69) is 0 Å². The van der Waals surface area contributed by atoms with E-state index in [4.69, 9.17) is 24.9 Å². The number of hydrogen-bond donors (Lipinski definition) is 1. The van der Waals surface area contributed by atoms with Gasteiger partial charge in [0.1, 0.15) is 0 Å². The van der Waals surface area contributed by atoms with Crippen molar-refractivity contribution >= 4 is 11.4 Å². The highest BCUT2D eigenvalue weighted by atomic mass is 15.2. The molecule has 0 spiro atoms.